The summed E-state index contributed by atoms with van der Waals surface area (Å²) in [6, 6.07) is 4.46. The molecular weight excluding hydrogens is 336 g/mol. The molecule has 0 spiro atoms. The van der Waals surface area contributed by atoms with Crippen molar-refractivity contribution < 1.29 is 9.72 Å². The second-order valence-corrected chi connectivity index (χ2v) is 5.71. The van der Waals surface area contributed by atoms with Crippen LogP contribution in [0.2, 0.25) is 0 Å². The second-order valence-electron chi connectivity index (χ2n) is 4.92. The van der Waals surface area contributed by atoms with E-state index < -0.39 is 4.92 Å². The molecule has 0 radical (unpaired) electrons. The first-order valence-corrected chi connectivity index (χ1v) is 8.08. The summed E-state index contributed by atoms with van der Waals surface area (Å²) in [4.78, 5) is 22.3. The maximum atomic E-state index is 12.0. The molecule has 5 nitrogen and oxygen atoms in total. The number of hydrogen-bond acceptors (Lipinski definition) is 3. The van der Waals surface area contributed by atoms with Gasteiger partial charge < -0.3 is 5.32 Å². The predicted octanol–water partition coefficient (Wildman–Crippen LogP) is 4.45. The highest BCUT2D eigenvalue weighted by Crippen LogP contribution is 2.28. The first-order chi connectivity index (χ1) is 10.1. The lowest BCUT2D eigenvalue weighted by Gasteiger charge is -2.07. The second kappa shape index (κ2) is 9.50. The predicted molar refractivity (Wildman–Crippen MR) is 86.5 cm³/mol. The zero-order valence-corrected chi connectivity index (χ0v) is 13.8. The number of carbonyl (C=O) groups excluding carboxylic acids is 1. The van der Waals surface area contributed by atoms with Gasteiger partial charge in [0.05, 0.1) is 10.5 Å². The number of carbonyl (C=O) groups is 1. The van der Waals surface area contributed by atoms with Gasteiger partial charge >= 0.3 is 0 Å². The number of nitro groups is 1. The molecule has 0 aliphatic heterocycles. The maximum absolute atomic E-state index is 12.0. The maximum Gasteiger partial charge on any atom is 0.284 e. The van der Waals surface area contributed by atoms with Gasteiger partial charge in [0.15, 0.2) is 0 Å². The van der Waals surface area contributed by atoms with Crippen molar-refractivity contribution in [2.75, 3.05) is 6.54 Å². The fourth-order valence-electron chi connectivity index (χ4n) is 2.04. The summed E-state index contributed by atoms with van der Waals surface area (Å²) in [6.45, 7) is 2.78. The van der Waals surface area contributed by atoms with E-state index in [-0.39, 0.29) is 16.1 Å². The van der Waals surface area contributed by atoms with Crippen molar-refractivity contribution in [3.8, 4) is 0 Å². The van der Waals surface area contributed by atoms with E-state index in [1.165, 1.54) is 37.8 Å². The molecule has 0 atom stereocenters. The molecule has 116 valence electrons. The van der Waals surface area contributed by atoms with Gasteiger partial charge in [-0.1, -0.05) is 45.1 Å². The number of nitro benzene ring substituents is 1. The molecule has 0 saturated carbocycles. The van der Waals surface area contributed by atoms with Crippen LogP contribution in [0, 0.1) is 10.1 Å². The van der Waals surface area contributed by atoms with Crippen molar-refractivity contribution in [1.29, 1.82) is 0 Å². The van der Waals surface area contributed by atoms with Gasteiger partial charge in [-0.15, -0.1) is 0 Å². The normalized spacial score (nSPS) is 10.4. The SMILES string of the molecule is CCCCCCCCNC(=O)c1cccc([N+](=O)[O-])c1Br. The molecule has 1 aromatic carbocycles. The van der Waals surface area contributed by atoms with Crippen molar-refractivity contribution in [1.82, 2.24) is 5.32 Å². The Balaban J connectivity index is 2.42. The average molecular weight is 357 g/mol. The summed E-state index contributed by atoms with van der Waals surface area (Å²) >= 11 is 3.13. The molecule has 0 bridgehead atoms. The molecule has 0 saturated heterocycles. The molecule has 0 aliphatic rings. The molecule has 1 amide bonds. The number of nitrogens with one attached hydrogen (secondary N) is 1. The van der Waals surface area contributed by atoms with Gasteiger partial charge in [-0.05, 0) is 28.4 Å². The lowest BCUT2D eigenvalue weighted by Crippen LogP contribution is -2.24. The van der Waals surface area contributed by atoms with E-state index in [9.17, 15) is 14.9 Å². The highest BCUT2D eigenvalue weighted by molar-refractivity contribution is 9.10. The van der Waals surface area contributed by atoms with Gasteiger partial charge in [-0.25, -0.2) is 0 Å². The zero-order chi connectivity index (χ0) is 15.7. The summed E-state index contributed by atoms with van der Waals surface area (Å²) in [7, 11) is 0. The van der Waals surface area contributed by atoms with Crippen LogP contribution in [0.15, 0.2) is 22.7 Å². The lowest BCUT2D eigenvalue weighted by atomic mass is 10.1. The van der Waals surface area contributed by atoms with E-state index in [1.807, 2.05) is 0 Å². The van der Waals surface area contributed by atoms with Crippen molar-refractivity contribution >= 4 is 27.5 Å². The molecule has 0 unspecified atom stereocenters. The molecule has 0 heterocycles. The monoisotopic (exact) mass is 356 g/mol. The van der Waals surface area contributed by atoms with Gasteiger partial charge in [0.2, 0.25) is 0 Å². The molecule has 0 aromatic heterocycles. The molecule has 0 aliphatic carbocycles. The number of hydrogen-bond donors (Lipinski definition) is 1. The molecule has 21 heavy (non-hydrogen) atoms. The first kappa shape index (κ1) is 17.6. The van der Waals surface area contributed by atoms with Gasteiger partial charge in [0.25, 0.3) is 11.6 Å². The Labute approximate surface area is 133 Å². The summed E-state index contributed by atoms with van der Waals surface area (Å²) in [5, 5.41) is 13.6. The molecule has 1 N–H and O–H groups in total. The number of halogens is 1. The molecular formula is C15H21BrN2O3. The lowest BCUT2D eigenvalue weighted by molar-refractivity contribution is -0.385. The van der Waals surface area contributed by atoms with Gasteiger partial charge in [0, 0.05) is 12.6 Å². The van der Waals surface area contributed by atoms with Crippen LogP contribution in [0.5, 0.6) is 0 Å². The van der Waals surface area contributed by atoms with Crippen LogP contribution in [0.4, 0.5) is 5.69 Å². The topological polar surface area (TPSA) is 72.2 Å². The van der Waals surface area contributed by atoms with Crippen LogP contribution >= 0.6 is 15.9 Å². The van der Waals surface area contributed by atoms with Crippen molar-refractivity contribution in [2.45, 2.75) is 45.4 Å². The molecule has 6 heteroatoms. The fourth-order valence-corrected chi connectivity index (χ4v) is 2.63. The van der Waals surface area contributed by atoms with E-state index in [2.05, 4.69) is 28.2 Å². The largest absolute Gasteiger partial charge is 0.352 e. The summed E-state index contributed by atoms with van der Waals surface area (Å²) in [6.07, 6.45) is 6.92. The van der Waals surface area contributed by atoms with Crippen LogP contribution in [0.1, 0.15) is 55.8 Å². The average Bonchev–Trinajstić information content (AvgIpc) is 2.46. The number of nitrogens with zero attached hydrogens (tertiary/aromatic N) is 1. The third kappa shape index (κ3) is 5.83. The van der Waals surface area contributed by atoms with Crippen LogP contribution < -0.4 is 5.32 Å². The quantitative estimate of drug-likeness (QED) is 0.403. The summed E-state index contributed by atoms with van der Waals surface area (Å²) < 4.78 is 0.232. The van der Waals surface area contributed by atoms with Gasteiger partial charge in [0.1, 0.15) is 4.47 Å². The minimum Gasteiger partial charge on any atom is -0.352 e. The van der Waals surface area contributed by atoms with E-state index in [0.29, 0.717) is 12.1 Å². The van der Waals surface area contributed by atoms with Gasteiger partial charge in [-0.2, -0.15) is 0 Å². The number of benzene rings is 1. The Bertz CT molecular complexity index is 492. The van der Waals surface area contributed by atoms with Crippen LogP contribution in [-0.2, 0) is 0 Å². The zero-order valence-electron chi connectivity index (χ0n) is 12.2. The van der Waals surface area contributed by atoms with E-state index >= 15 is 0 Å². The Kier molecular flexibility index (Phi) is 7.97. The molecule has 1 aromatic rings. The number of rotatable bonds is 9. The molecule has 1 rings (SSSR count). The first-order valence-electron chi connectivity index (χ1n) is 7.29. The Hall–Kier alpha value is -1.43. The fraction of sp³-hybridized carbons (Fsp3) is 0.533. The van der Waals surface area contributed by atoms with Gasteiger partial charge in [-0.3, -0.25) is 14.9 Å². The Morgan fingerprint density at radius 1 is 1.24 bits per heavy atom. The third-order valence-electron chi connectivity index (χ3n) is 3.24. The van der Waals surface area contributed by atoms with Crippen LogP contribution in [0.3, 0.4) is 0 Å². The highest BCUT2D eigenvalue weighted by atomic mass is 79.9. The van der Waals surface area contributed by atoms with E-state index in [1.54, 1.807) is 6.07 Å². The standard InChI is InChI=1S/C15H21BrN2O3/c1-2-3-4-5-6-7-11-17-15(19)12-9-8-10-13(14(12)16)18(20)21/h8-10H,2-7,11H2,1H3,(H,17,19). The van der Waals surface area contributed by atoms with Crippen molar-refractivity contribution in [3.63, 3.8) is 0 Å². The number of unbranched alkanes of at least 4 members (excludes halogenated alkanes) is 5. The highest BCUT2D eigenvalue weighted by Gasteiger charge is 2.18. The summed E-state index contributed by atoms with van der Waals surface area (Å²) in [5.74, 6) is -0.279. The minimum absolute atomic E-state index is 0.0952. The Morgan fingerprint density at radius 3 is 2.57 bits per heavy atom. The van der Waals surface area contributed by atoms with Crippen LogP contribution in [-0.4, -0.2) is 17.4 Å². The minimum atomic E-state index is -0.505. The molecule has 0 fully saturated rings. The van der Waals surface area contributed by atoms with Crippen LogP contribution in [0.25, 0.3) is 0 Å². The number of amides is 1. The smallest absolute Gasteiger partial charge is 0.284 e. The summed E-state index contributed by atoms with van der Waals surface area (Å²) in [5.41, 5.74) is 0.206. The third-order valence-corrected chi connectivity index (χ3v) is 4.07. The van der Waals surface area contributed by atoms with Crippen molar-refractivity contribution in [3.05, 3.63) is 38.3 Å². The van der Waals surface area contributed by atoms with Crippen molar-refractivity contribution in [2.24, 2.45) is 0 Å². The van der Waals surface area contributed by atoms with E-state index in [0.717, 1.165) is 12.8 Å². The Morgan fingerprint density at radius 2 is 1.90 bits per heavy atom. The van der Waals surface area contributed by atoms with E-state index in [4.69, 9.17) is 0 Å².